The van der Waals surface area contributed by atoms with E-state index in [2.05, 4.69) is 49.5 Å². The van der Waals surface area contributed by atoms with E-state index in [1.54, 1.807) is 0 Å². The lowest BCUT2D eigenvalue weighted by Gasteiger charge is -2.28. The molecule has 0 aromatic carbocycles. The standard InChI is InChI=1S/C16H29N3O/c1-6-13(7-2)10-19(8-3)15-9-17-16(12(4)5)18-14(15)11-20/h9,12-13,20H,6-8,10-11H2,1-5H3. The smallest absolute Gasteiger partial charge is 0.131 e. The van der Waals surface area contributed by atoms with Gasteiger partial charge in [-0.1, -0.05) is 40.5 Å². The molecule has 1 aromatic rings. The third-order valence-electron chi connectivity index (χ3n) is 3.89. The zero-order valence-corrected chi connectivity index (χ0v) is 13.6. The SMILES string of the molecule is CCC(CC)CN(CC)c1cnc(C(C)C)nc1CO. The highest BCUT2D eigenvalue weighted by molar-refractivity contribution is 5.49. The molecule has 0 fully saturated rings. The summed E-state index contributed by atoms with van der Waals surface area (Å²) in [5, 5.41) is 9.60. The van der Waals surface area contributed by atoms with Crippen LogP contribution >= 0.6 is 0 Å². The molecule has 0 aliphatic carbocycles. The van der Waals surface area contributed by atoms with Gasteiger partial charge in [0.05, 0.1) is 24.2 Å². The van der Waals surface area contributed by atoms with Gasteiger partial charge in [0.25, 0.3) is 0 Å². The van der Waals surface area contributed by atoms with Crippen molar-refractivity contribution in [2.75, 3.05) is 18.0 Å². The molecule has 0 atom stereocenters. The van der Waals surface area contributed by atoms with Crippen molar-refractivity contribution in [1.29, 1.82) is 0 Å². The van der Waals surface area contributed by atoms with Gasteiger partial charge in [0.15, 0.2) is 0 Å². The Morgan fingerprint density at radius 2 is 1.85 bits per heavy atom. The minimum atomic E-state index is -0.0308. The summed E-state index contributed by atoms with van der Waals surface area (Å²) in [6.07, 6.45) is 4.22. The molecule has 1 aromatic heterocycles. The Morgan fingerprint density at radius 3 is 2.30 bits per heavy atom. The molecule has 1 heterocycles. The van der Waals surface area contributed by atoms with Crippen molar-refractivity contribution in [2.45, 2.75) is 60.0 Å². The van der Waals surface area contributed by atoms with Gasteiger partial charge in [0.2, 0.25) is 0 Å². The summed E-state index contributed by atoms with van der Waals surface area (Å²) in [5.74, 6) is 1.76. The molecule has 0 saturated heterocycles. The number of hydrogen-bond acceptors (Lipinski definition) is 4. The molecule has 0 aliphatic heterocycles. The maximum atomic E-state index is 9.60. The predicted octanol–water partition coefficient (Wildman–Crippen LogP) is 3.35. The van der Waals surface area contributed by atoms with Crippen LogP contribution in [0.25, 0.3) is 0 Å². The fourth-order valence-electron chi connectivity index (χ4n) is 2.34. The van der Waals surface area contributed by atoms with Gasteiger partial charge in [0.1, 0.15) is 5.82 Å². The summed E-state index contributed by atoms with van der Waals surface area (Å²) >= 11 is 0. The van der Waals surface area contributed by atoms with Gasteiger partial charge in [-0.3, -0.25) is 0 Å². The van der Waals surface area contributed by atoms with Crippen molar-refractivity contribution in [1.82, 2.24) is 9.97 Å². The molecular weight excluding hydrogens is 250 g/mol. The summed E-state index contributed by atoms with van der Waals surface area (Å²) < 4.78 is 0. The van der Waals surface area contributed by atoms with E-state index in [0.717, 1.165) is 30.3 Å². The lowest BCUT2D eigenvalue weighted by Crippen LogP contribution is -2.30. The van der Waals surface area contributed by atoms with Crippen LogP contribution in [-0.2, 0) is 6.61 Å². The molecule has 0 amide bonds. The number of anilines is 1. The molecule has 0 aliphatic rings. The Bertz CT molecular complexity index is 403. The maximum Gasteiger partial charge on any atom is 0.131 e. The van der Waals surface area contributed by atoms with Crippen molar-refractivity contribution in [3.05, 3.63) is 17.7 Å². The fraction of sp³-hybridized carbons (Fsp3) is 0.750. The molecule has 1 rings (SSSR count). The van der Waals surface area contributed by atoms with Crippen LogP contribution in [0.15, 0.2) is 6.20 Å². The number of hydrogen-bond donors (Lipinski definition) is 1. The third kappa shape index (κ3) is 4.17. The van der Waals surface area contributed by atoms with E-state index in [-0.39, 0.29) is 12.5 Å². The average Bonchev–Trinajstić information content (AvgIpc) is 2.48. The molecule has 20 heavy (non-hydrogen) atoms. The van der Waals surface area contributed by atoms with Gasteiger partial charge >= 0.3 is 0 Å². The molecule has 0 bridgehead atoms. The lowest BCUT2D eigenvalue weighted by atomic mass is 10.0. The monoisotopic (exact) mass is 279 g/mol. The molecule has 0 radical (unpaired) electrons. The van der Waals surface area contributed by atoms with E-state index < -0.39 is 0 Å². The molecule has 0 unspecified atom stereocenters. The summed E-state index contributed by atoms with van der Waals surface area (Å²) in [7, 11) is 0. The van der Waals surface area contributed by atoms with Crippen LogP contribution in [0.4, 0.5) is 5.69 Å². The van der Waals surface area contributed by atoms with Crippen molar-refractivity contribution in [3.63, 3.8) is 0 Å². The molecule has 114 valence electrons. The highest BCUT2D eigenvalue weighted by Crippen LogP contribution is 2.22. The number of nitrogens with zero attached hydrogens (tertiary/aromatic N) is 3. The first-order chi connectivity index (χ1) is 9.57. The van der Waals surface area contributed by atoms with E-state index in [4.69, 9.17) is 0 Å². The zero-order valence-electron chi connectivity index (χ0n) is 13.6. The maximum absolute atomic E-state index is 9.60. The average molecular weight is 279 g/mol. The van der Waals surface area contributed by atoms with E-state index in [9.17, 15) is 5.11 Å². The van der Waals surface area contributed by atoms with Crippen LogP contribution in [0, 0.1) is 5.92 Å². The number of aromatic nitrogens is 2. The minimum Gasteiger partial charge on any atom is -0.390 e. The highest BCUT2D eigenvalue weighted by Gasteiger charge is 2.16. The van der Waals surface area contributed by atoms with Crippen molar-refractivity contribution in [3.8, 4) is 0 Å². The summed E-state index contributed by atoms with van der Waals surface area (Å²) in [4.78, 5) is 11.3. The van der Waals surface area contributed by atoms with Crippen LogP contribution in [0.1, 0.15) is 64.9 Å². The lowest BCUT2D eigenvalue weighted by molar-refractivity contribution is 0.276. The van der Waals surface area contributed by atoms with Crippen LogP contribution in [0.3, 0.4) is 0 Å². The van der Waals surface area contributed by atoms with Gasteiger partial charge in [-0.2, -0.15) is 0 Å². The molecule has 0 spiro atoms. The van der Waals surface area contributed by atoms with Gasteiger partial charge < -0.3 is 10.0 Å². The second-order valence-electron chi connectivity index (χ2n) is 5.59. The minimum absolute atomic E-state index is 0.0308. The second-order valence-corrected chi connectivity index (χ2v) is 5.59. The highest BCUT2D eigenvalue weighted by atomic mass is 16.3. The van der Waals surface area contributed by atoms with Gasteiger partial charge in [-0.15, -0.1) is 0 Å². The zero-order chi connectivity index (χ0) is 15.1. The Balaban J connectivity index is 3.02. The second kappa shape index (κ2) is 8.20. The Morgan fingerprint density at radius 1 is 1.20 bits per heavy atom. The number of rotatable bonds is 8. The van der Waals surface area contributed by atoms with E-state index in [1.807, 2.05) is 6.20 Å². The van der Waals surface area contributed by atoms with E-state index >= 15 is 0 Å². The molecular formula is C16H29N3O. The molecule has 4 nitrogen and oxygen atoms in total. The number of aliphatic hydroxyl groups is 1. The van der Waals surface area contributed by atoms with Crippen LogP contribution in [0.2, 0.25) is 0 Å². The van der Waals surface area contributed by atoms with Crippen molar-refractivity contribution >= 4 is 5.69 Å². The Kier molecular flexibility index (Phi) is 6.93. The molecule has 0 saturated carbocycles. The topological polar surface area (TPSA) is 49.2 Å². The first-order valence-corrected chi connectivity index (χ1v) is 7.78. The van der Waals surface area contributed by atoms with E-state index in [0.29, 0.717) is 5.92 Å². The van der Waals surface area contributed by atoms with E-state index in [1.165, 1.54) is 12.8 Å². The van der Waals surface area contributed by atoms with Crippen LogP contribution in [0.5, 0.6) is 0 Å². The normalized spacial score (nSPS) is 11.4. The van der Waals surface area contributed by atoms with Gasteiger partial charge in [-0.25, -0.2) is 9.97 Å². The predicted molar refractivity (Wildman–Crippen MR) is 84.0 cm³/mol. The summed E-state index contributed by atoms with van der Waals surface area (Å²) in [6, 6.07) is 0. The number of aliphatic hydroxyl groups excluding tert-OH is 1. The Hall–Kier alpha value is -1.16. The van der Waals surface area contributed by atoms with Crippen LogP contribution < -0.4 is 4.90 Å². The fourth-order valence-corrected chi connectivity index (χ4v) is 2.34. The Labute approximate surface area is 123 Å². The van der Waals surface area contributed by atoms with Gasteiger partial charge in [-0.05, 0) is 12.8 Å². The quantitative estimate of drug-likeness (QED) is 0.793. The summed E-state index contributed by atoms with van der Waals surface area (Å²) in [5.41, 5.74) is 1.72. The first kappa shape index (κ1) is 16.9. The van der Waals surface area contributed by atoms with Crippen LogP contribution in [-0.4, -0.2) is 28.2 Å². The largest absolute Gasteiger partial charge is 0.390 e. The third-order valence-corrected chi connectivity index (χ3v) is 3.89. The van der Waals surface area contributed by atoms with Crippen molar-refractivity contribution < 1.29 is 5.11 Å². The molecule has 4 heteroatoms. The molecule has 1 N–H and O–H groups in total. The summed E-state index contributed by atoms with van der Waals surface area (Å²) in [6.45, 7) is 12.6. The van der Waals surface area contributed by atoms with Crippen molar-refractivity contribution in [2.24, 2.45) is 5.92 Å². The van der Waals surface area contributed by atoms with Gasteiger partial charge in [0, 0.05) is 19.0 Å². The first-order valence-electron chi connectivity index (χ1n) is 7.78.